The summed E-state index contributed by atoms with van der Waals surface area (Å²) >= 11 is -3.68. The second-order valence-electron chi connectivity index (χ2n) is 19.2. The fourth-order valence-electron chi connectivity index (χ4n) is 8.96. The Morgan fingerprint density at radius 3 is 1.54 bits per heavy atom. The monoisotopic (exact) mass is 930 g/mol. The molecule has 6 rings (SSSR count). The molecule has 2 aliphatic carbocycles. The molecule has 0 spiro atoms. The maximum atomic E-state index is 14.1. The van der Waals surface area contributed by atoms with Crippen molar-refractivity contribution < 1.29 is 72.4 Å². The molecule has 4 aromatic rings. The van der Waals surface area contributed by atoms with Crippen LogP contribution in [0.1, 0.15) is 138 Å². The van der Waals surface area contributed by atoms with E-state index in [2.05, 4.69) is 113 Å². The minimum Gasteiger partial charge on any atom is -1.00 e. The van der Waals surface area contributed by atoms with Gasteiger partial charge in [-0.15, -0.1) is 0 Å². The molecular weight excluding hydrogens is 877 g/mol. The Balaban J connectivity index is 0.00000384. The van der Waals surface area contributed by atoms with E-state index >= 15 is 0 Å². The van der Waals surface area contributed by atoms with E-state index in [0.717, 1.165) is 46.7 Å². The first kappa shape index (κ1) is 48.9. The molecule has 0 heterocycles. The summed E-state index contributed by atoms with van der Waals surface area (Å²) in [5, 5.41) is 0. The van der Waals surface area contributed by atoms with Crippen molar-refractivity contribution in [2.24, 2.45) is 11.3 Å². The van der Waals surface area contributed by atoms with E-state index in [4.69, 9.17) is 0 Å². The van der Waals surface area contributed by atoms with Crippen LogP contribution in [0.4, 0.5) is 26.3 Å². The third-order valence-electron chi connectivity index (χ3n) is 11.8. The largest absolute Gasteiger partial charge is 1.00 e. The van der Waals surface area contributed by atoms with E-state index in [0.29, 0.717) is 11.1 Å². The number of aryl methyl sites for hydroxylation is 1. The molecule has 0 amide bonds. The van der Waals surface area contributed by atoms with Crippen LogP contribution in [-0.2, 0) is 50.9 Å². The number of alkyl halides is 6. The summed E-state index contributed by atoms with van der Waals surface area (Å²) in [6.45, 7) is 26.6. The second-order valence-corrected chi connectivity index (χ2v) is 24.9. The van der Waals surface area contributed by atoms with Crippen LogP contribution in [0.25, 0.3) is 11.1 Å². The number of hydrogen-bond donors (Lipinski definition) is 0. The molecule has 0 saturated heterocycles. The average Bonchev–Trinajstić information content (AvgIpc) is 3.66. The fourth-order valence-corrected chi connectivity index (χ4v) is 18.0. The molecule has 0 saturated carbocycles. The van der Waals surface area contributed by atoms with Gasteiger partial charge in [0.1, 0.15) is 0 Å². The molecule has 4 aromatic carbocycles. The van der Waals surface area contributed by atoms with Crippen LogP contribution in [0.2, 0.25) is 0 Å². The third-order valence-corrected chi connectivity index (χ3v) is 20.0. The Morgan fingerprint density at radius 2 is 1.12 bits per heavy atom. The van der Waals surface area contributed by atoms with Crippen molar-refractivity contribution in [3.63, 3.8) is 0 Å². The summed E-state index contributed by atoms with van der Waals surface area (Å²) < 4.78 is 87.9. The first-order valence-electron chi connectivity index (χ1n) is 20.1. The van der Waals surface area contributed by atoms with Gasteiger partial charge in [0.25, 0.3) is 0 Å². The van der Waals surface area contributed by atoms with Crippen LogP contribution in [0.15, 0.2) is 87.7 Å². The van der Waals surface area contributed by atoms with Crippen molar-refractivity contribution in [2.75, 3.05) is 0 Å². The van der Waals surface area contributed by atoms with E-state index in [1.807, 2.05) is 0 Å². The summed E-state index contributed by atoms with van der Waals surface area (Å²) in [4.78, 5) is 0. The van der Waals surface area contributed by atoms with Crippen LogP contribution < -0.4 is 28.1 Å². The standard InChI is InChI=1S/C23H29.C15H8F6.C12H19.2ClH.Zr/c1-14-9-16-11-17-10-15(2)21(23(6,7)8)13-19(17)18(16)12-20(14)22(3,4)5;16-14(17,18)12-5-1-10(2-6-12)9-11-3-7-13(8-4-11)15(19,20)21;1-5-6-10-7-8-11(9-10)12(2,3)4;;;/h9,12-13H,11H2,1-8H3;1-8H;8-10H,5-6H2,1-4H3;2*1H;/q;;;;;+2/p-2. The Hall–Kier alpha value is -2.73. The quantitative estimate of drug-likeness (QED) is 0.151. The van der Waals surface area contributed by atoms with Crippen LogP contribution in [0.3, 0.4) is 0 Å². The second kappa shape index (κ2) is 17.2. The minimum absolute atomic E-state index is 0. The summed E-state index contributed by atoms with van der Waals surface area (Å²) in [6, 6.07) is 17.8. The summed E-state index contributed by atoms with van der Waals surface area (Å²) in [5.74, 6) is 0.101. The predicted octanol–water partition coefficient (Wildman–Crippen LogP) is 8.31. The molecule has 0 aliphatic heterocycles. The minimum atomic E-state index is -4.53. The van der Waals surface area contributed by atoms with Crippen molar-refractivity contribution >= 4 is 6.48 Å². The molecule has 1 unspecified atom stereocenters. The zero-order valence-corrected chi connectivity index (χ0v) is 40.2. The number of rotatable bonds is 6. The van der Waals surface area contributed by atoms with E-state index in [1.54, 1.807) is 24.3 Å². The molecule has 9 heteroatoms. The number of halogens is 8. The van der Waals surface area contributed by atoms with Gasteiger partial charge in [0.15, 0.2) is 0 Å². The predicted molar refractivity (Wildman–Crippen MR) is 221 cm³/mol. The summed E-state index contributed by atoms with van der Waals surface area (Å²) in [5.41, 5.74) is 10.4. The van der Waals surface area contributed by atoms with Gasteiger partial charge in [-0.1, -0.05) is 0 Å². The molecule has 0 bridgehead atoms. The van der Waals surface area contributed by atoms with Crippen molar-refractivity contribution in [3.05, 3.63) is 143 Å². The Labute approximate surface area is 368 Å². The zero-order valence-electron chi connectivity index (χ0n) is 36.2. The van der Waals surface area contributed by atoms with Crippen molar-refractivity contribution in [3.8, 4) is 11.1 Å². The van der Waals surface area contributed by atoms with Gasteiger partial charge in [0, 0.05) is 0 Å². The Kier molecular flexibility index (Phi) is 14.3. The number of benzene rings is 4. The fraction of sp³-hybridized carbons (Fsp3) is 0.420. The van der Waals surface area contributed by atoms with Crippen molar-refractivity contribution in [1.82, 2.24) is 0 Å². The average molecular weight is 933 g/mol. The molecule has 0 fully saturated rings. The van der Waals surface area contributed by atoms with Gasteiger partial charge in [0.05, 0.1) is 0 Å². The van der Waals surface area contributed by atoms with E-state index < -0.39 is 44.7 Å². The first-order chi connectivity index (χ1) is 26.2. The van der Waals surface area contributed by atoms with Gasteiger partial charge >= 0.3 is 345 Å². The van der Waals surface area contributed by atoms with Crippen LogP contribution in [0, 0.1) is 25.2 Å². The van der Waals surface area contributed by atoms with Gasteiger partial charge in [-0.3, -0.25) is 0 Å². The first-order valence-corrected chi connectivity index (χ1v) is 23.8. The van der Waals surface area contributed by atoms with Crippen molar-refractivity contribution in [2.45, 2.75) is 126 Å². The molecule has 0 aromatic heterocycles. The number of allylic oxidation sites excluding steroid dienone is 4. The van der Waals surface area contributed by atoms with E-state index in [9.17, 15) is 26.3 Å². The normalized spacial score (nSPS) is 15.3. The molecule has 316 valence electrons. The van der Waals surface area contributed by atoms with Gasteiger partial charge < -0.3 is 24.8 Å². The third kappa shape index (κ3) is 9.84. The molecule has 0 nitrogen and oxygen atoms in total. The molecule has 0 radical (unpaired) electrons. The maximum absolute atomic E-state index is 14.1. The maximum Gasteiger partial charge on any atom is -1.00 e. The zero-order chi connectivity index (χ0) is 42.2. The molecular formula is C50H56Cl2F6Zr. The molecule has 59 heavy (non-hydrogen) atoms. The van der Waals surface area contributed by atoms with E-state index in [1.165, 1.54) is 56.6 Å². The number of hydrogen-bond acceptors (Lipinski definition) is 0. The smallest absolute Gasteiger partial charge is 1.00 e. The van der Waals surface area contributed by atoms with Crippen LogP contribution in [-0.4, -0.2) is 3.21 Å². The molecule has 1 atom stereocenters. The van der Waals surface area contributed by atoms with Crippen LogP contribution >= 0.6 is 0 Å². The van der Waals surface area contributed by atoms with Gasteiger partial charge in [0.2, 0.25) is 0 Å². The summed E-state index contributed by atoms with van der Waals surface area (Å²) in [7, 11) is 0. The SMILES string of the molecule is CCCC1C=C(C(C)(C)C)C=[C]1[Zr+2](=[C](c1ccc(C(F)(F)F)cc1)c1ccc(C(F)(F)F)cc1)[c]1c(C)c(C(C)(C)C)cc2c1Cc1cc(C)c(C(C)(C)C)cc1-2.[Cl-].[Cl-]. The van der Waals surface area contributed by atoms with Gasteiger partial charge in [-0.25, -0.2) is 0 Å². The van der Waals surface area contributed by atoms with Crippen LogP contribution in [0.5, 0.6) is 0 Å². The Bertz CT molecular complexity index is 2240. The van der Waals surface area contributed by atoms with Gasteiger partial charge in [-0.05, 0) is 0 Å². The molecule has 2 aliphatic rings. The topological polar surface area (TPSA) is 0 Å². The Morgan fingerprint density at radius 1 is 0.644 bits per heavy atom. The molecule has 0 N–H and O–H groups in total. The summed E-state index contributed by atoms with van der Waals surface area (Å²) in [6.07, 6.45) is -1.74. The van der Waals surface area contributed by atoms with Crippen molar-refractivity contribution in [1.29, 1.82) is 0 Å². The van der Waals surface area contributed by atoms with E-state index in [-0.39, 0.29) is 47.0 Å². The number of fused-ring (bicyclic) bond motifs is 3. The van der Waals surface area contributed by atoms with Gasteiger partial charge in [-0.2, -0.15) is 0 Å².